The molecule has 1 fully saturated rings. The maximum Gasteiger partial charge on any atom is 0.125 e. The Morgan fingerprint density at radius 3 is 3.12 bits per heavy atom. The predicted octanol–water partition coefficient (Wildman–Crippen LogP) is 1.93. The number of anilines is 1. The van der Waals surface area contributed by atoms with Gasteiger partial charge in [-0.2, -0.15) is 0 Å². The first-order valence-corrected chi connectivity index (χ1v) is 5.62. The summed E-state index contributed by atoms with van der Waals surface area (Å²) in [5, 5.41) is 0. The Labute approximate surface area is 94.9 Å². The lowest BCUT2D eigenvalue weighted by molar-refractivity contribution is 0.0951. The van der Waals surface area contributed by atoms with Gasteiger partial charge in [0.1, 0.15) is 5.82 Å². The second kappa shape index (κ2) is 5.27. The van der Waals surface area contributed by atoms with Gasteiger partial charge in [0.05, 0.1) is 6.61 Å². The maximum atomic E-state index is 13.1. The summed E-state index contributed by atoms with van der Waals surface area (Å²) < 4.78 is 13.1. The summed E-state index contributed by atoms with van der Waals surface area (Å²) in [5.74, 6) is 5.35. The molecule has 3 nitrogen and oxygen atoms in total. The third-order valence-corrected chi connectivity index (χ3v) is 3.02. The molecule has 0 radical (unpaired) electrons. The predicted molar refractivity (Wildman–Crippen MR) is 61.5 cm³/mol. The molecule has 0 spiro atoms. The average molecular weight is 224 g/mol. The molecular weight excluding hydrogens is 207 g/mol. The average Bonchev–Trinajstić information content (AvgIpc) is 2.30. The number of nitrogens with two attached hydrogens (primary N) is 1. The summed E-state index contributed by atoms with van der Waals surface area (Å²) in [6.07, 6.45) is 2.23. The van der Waals surface area contributed by atoms with Crippen LogP contribution >= 0.6 is 0 Å². The second-order valence-electron chi connectivity index (χ2n) is 4.27. The van der Waals surface area contributed by atoms with Crippen LogP contribution in [0.3, 0.4) is 0 Å². The molecule has 2 N–H and O–H groups in total. The van der Waals surface area contributed by atoms with Crippen molar-refractivity contribution in [1.29, 1.82) is 0 Å². The molecule has 0 amide bonds. The fourth-order valence-electron chi connectivity index (χ4n) is 2.24. The Morgan fingerprint density at radius 2 is 2.38 bits per heavy atom. The van der Waals surface area contributed by atoms with E-state index in [-0.39, 0.29) is 5.82 Å². The van der Waals surface area contributed by atoms with Gasteiger partial charge in [-0.05, 0) is 31.0 Å². The maximum absolute atomic E-state index is 13.1. The number of benzene rings is 1. The van der Waals surface area contributed by atoms with Crippen LogP contribution < -0.4 is 10.8 Å². The van der Waals surface area contributed by atoms with Crippen molar-refractivity contribution in [2.24, 2.45) is 11.8 Å². The Hall–Kier alpha value is -1.13. The molecule has 1 aromatic carbocycles. The zero-order valence-electron chi connectivity index (χ0n) is 9.23. The lowest BCUT2D eigenvalue weighted by atomic mass is 9.98. The molecule has 1 saturated heterocycles. The van der Waals surface area contributed by atoms with Gasteiger partial charge in [-0.3, -0.25) is 0 Å². The van der Waals surface area contributed by atoms with E-state index in [1.165, 1.54) is 6.07 Å². The molecule has 1 atom stereocenters. The smallest absolute Gasteiger partial charge is 0.125 e. The van der Waals surface area contributed by atoms with Gasteiger partial charge in [0.2, 0.25) is 0 Å². The highest BCUT2D eigenvalue weighted by molar-refractivity contribution is 5.46. The summed E-state index contributed by atoms with van der Waals surface area (Å²) in [7, 11) is 0. The number of nitrogens with zero attached hydrogens (tertiary/aromatic N) is 1. The van der Waals surface area contributed by atoms with Crippen molar-refractivity contribution in [3.05, 3.63) is 30.1 Å². The molecule has 4 heteroatoms. The van der Waals surface area contributed by atoms with Crippen molar-refractivity contribution in [1.82, 2.24) is 0 Å². The van der Waals surface area contributed by atoms with E-state index in [0.29, 0.717) is 12.5 Å². The highest BCUT2D eigenvalue weighted by Crippen LogP contribution is 2.23. The van der Waals surface area contributed by atoms with Crippen molar-refractivity contribution >= 4 is 5.69 Å². The Morgan fingerprint density at radius 1 is 1.50 bits per heavy atom. The van der Waals surface area contributed by atoms with Gasteiger partial charge in [0, 0.05) is 24.7 Å². The van der Waals surface area contributed by atoms with Crippen molar-refractivity contribution in [2.45, 2.75) is 12.8 Å². The van der Waals surface area contributed by atoms with Crippen molar-refractivity contribution in [3.8, 4) is 0 Å². The van der Waals surface area contributed by atoms with E-state index in [1.54, 1.807) is 12.1 Å². The highest BCUT2D eigenvalue weighted by Gasteiger charge is 2.20. The number of hydrogen-bond donors (Lipinski definition) is 1. The standard InChI is InChI=1S/C12H17FN2O/c13-11-4-1-5-12(7-11)15-6-2-3-10(8-15)9-16-14/h1,4-5,7,10H,2-3,6,8-9,14H2. The molecular formula is C12H17FN2O. The van der Waals surface area contributed by atoms with Crippen LogP contribution in [0.15, 0.2) is 24.3 Å². The largest absolute Gasteiger partial charge is 0.371 e. The molecule has 0 aromatic heterocycles. The normalized spacial score (nSPS) is 21.1. The quantitative estimate of drug-likeness (QED) is 0.797. The molecule has 1 aliphatic rings. The molecule has 0 bridgehead atoms. The highest BCUT2D eigenvalue weighted by atomic mass is 19.1. The molecule has 2 rings (SSSR count). The molecule has 0 saturated carbocycles. The van der Waals surface area contributed by atoms with Crippen LogP contribution in [0.1, 0.15) is 12.8 Å². The Kier molecular flexibility index (Phi) is 3.74. The van der Waals surface area contributed by atoms with Gasteiger partial charge in [0.15, 0.2) is 0 Å². The Bertz CT molecular complexity index is 344. The van der Waals surface area contributed by atoms with Crippen LogP contribution in [-0.2, 0) is 4.84 Å². The molecule has 0 aliphatic carbocycles. The first-order chi connectivity index (χ1) is 7.79. The lowest BCUT2D eigenvalue weighted by Crippen LogP contribution is -2.37. The second-order valence-corrected chi connectivity index (χ2v) is 4.27. The minimum absolute atomic E-state index is 0.185. The summed E-state index contributed by atoms with van der Waals surface area (Å²) >= 11 is 0. The van der Waals surface area contributed by atoms with Gasteiger partial charge in [-0.15, -0.1) is 0 Å². The Balaban J connectivity index is 2.03. The van der Waals surface area contributed by atoms with Crippen LogP contribution in [0.25, 0.3) is 0 Å². The van der Waals surface area contributed by atoms with E-state index in [9.17, 15) is 4.39 Å². The zero-order valence-corrected chi connectivity index (χ0v) is 9.23. The number of hydrogen-bond acceptors (Lipinski definition) is 3. The first-order valence-electron chi connectivity index (χ1n) is 5.62. The van der Waals surface area contributed by atoms with Crippen LogP contribution in [0.2, 0.25) is 0 Å². The summed E-state index contributed by atoms with van der Waals surface area (Å²) in [5.41, 5.74) is 0.946. The van der Waals surface area contributed by atoms with E-state index in [2.05, 4.69) is 9.74 Å². The molecule has 88 valence electrons. The topological polar surface area (TPSA) is 38.5 Å². The molecule has 1 aliphatic heterocycles. The van der Waals surface area contributed by atoms with E-state index in [0.717, 1.165) is 31.6 Å². The first kappa shape index (κ1) is 11.4. The van der Waals surface area contributed by atoms with Gasteiger partial charge in [0.25, 0.3) is 0 Å². The summed E-state index contributed by atoms with van der Waals surface area (Å²) in [4.78, 5) is 6.88. The molecule has 1 heterocycles. The fraction of sp³-hybridized carbons (Fsp3) is 0.500. The number of piperidine rings is 1. The third-order valence-electron chi connectivity index (χ3n) is 3.02. The van der Waals surface area contributed by atoms with Crippen LogP contribution in [0.5, 0.6) is 0 Å². The van der Waals surface area contributed by atoms with Crippen LogP contribution in [-0.4, -0.2) is 19.7 Å². The number of rotatable bonds is 3. The third kappa shape index (κ3) is 2.71. The fourth-order valence-corrected chi connectivity index (χ4v) is 2.24. The zero-order chi connectivity index (χ0) is 11.4. The number of halogens is 1. The van der Waals surface area contributed by atoms with E-state index < -0.39 is 0 Å². The lowest BCUT2D eigenvalue weighted by Gasteiger charge is -2.33. The van der Waals surface area contributed by atoms with Gasteiger partial charge >= 0.3 is 0 Å². The summed E-state index contributed by atoms with van der Waals surface area (Å²) in [6, 6.07) is 6.72. The van der Waals surface area contributed by atoms with Crippen molar-refractivity contribution < 1.29 is 9.23 Å². The monoisotopic (exact) mass is 224 g/mol. The van der Waals surface area contributed by atoms with Crippen LogP contribution in [0.4, 0.5) is 10.1 Å². The molecule has 16 heavy (non-hydrogen) atoms. The van der Waals surface area contributed by atoms with Crippen molar-refractivity contribution in [3.63, 3.8) is 0 Å². The van der Waals surface area contributed by atoms with E-state index in [4.69, 9.17) is 5.90 Å². The minimum atomic E-state index is -0.185. The summed E-state index contributed by atoms with van der Waals surface area (Å²) in [6.45, 7) is 2.44. The minimum Gasteiger partial charge on any atom is -0.371 e. The van der Waals surface area contributed by atoms with E-state index >= 15 is 0 Å². The molecule has 1 unspecified atom stereocenters. The van der Waals surface area contributed by atoms with Gasteiger partial charge in [-0.1, -0.05) is 6.07 Å². The van der Waals surface area contributed by atoms with Crippen molar-refractivity contribution in [2.75, 3.05) is 24.6 Å². The van der Waals surface area contributed by atoms with Crippen LogP contribution in [0, 0.1) is 11.7 Å². The molecule has 1 aromatic rings. The van der Waals surface area contributed by atoms with Gasteiger partial charge in [-0.25, -0.2) is 10.3 Å². The van der Waals surface area contributed by atoms with E-state index in [1.807, 2.05) is 6.07 Å². The SMILES string of the molecule is NOCC1CCCN(c2cccc(F)c2)C1. The van der Waals surface area contributed by atoms with Gasteiger partial charge < -0.3 is 9.74 Å².